The molecule has 1 aliphatic rings. The monoisotopic (exact) mass is 367 g/mol. The second-order valence-corrected chi connectivity index (χ2v) is 7.09. The summed E-state index contributed by atoms with van der Waals surface area (Å²) < 4.78 is 0. The first kappa shape index (κ1) is 16.2. The lowest BCUT2D eigenvalue weighted by molar-refractivity contribution is -0.119. The Kier molecular flexibility index (Phi) is 4.03. The van der Waals surface area contributed by atoms with E-state index < -0.39 is 5.41 Å². The van der Waals surface area contributed by atoms with Gasteiger partial charge in [-0.05, 0) is 47.4 Å². The minimum atomic E-state index is -0.800. The van der Waals surface area contributed by atoms with Crippen LogP contribution in [0.3, 0.4) is 0 Å². The predicted octanol–water partition coefficient (Wildman–Crippen LogP) is 5.47. The zero-order valence-electron chi connectivity index (χ0n) is 13.3. The van der Waals surface area contributed by atoms with E-state index in [0.29, 0.717) is 16.5 Å². The van der Waals surface area contributed by atoms with Crippen LogP contribution in [0.4, 0.5) is 5.69 Å². The largest absolute Gasteiger partial charge is 0.325 e. The lowest BCUT2D eigenvalue weighted by atomic mass is 9.71. The van der Waals surface area contributed by atoms with Gasteiger partial charge >= 0.3 is 0 Å². The minimum absolute atomic E-state index is 0.0454. The predicted molar refractivity (Wildman–Crippen MR) is 102 cm³/mol. The summed E-state index contributed by atoms with van der Waals surface area (Å²) in [5.41, 5.74) is 2.87. The van der Waals surface area contributed by atoms with E-state index >= 15 is 0 Å². The molecule has 0 saturated heterocycles. The highest BCUT2D eigenvalue weighted by molar-refractivity contribution is 6.31. The standard InChI is InChI=1S/C21H15Cl2NO/c22-16-8-4-5-14(11-16)13-21(15-6-2-1-3-7-15)18-10-9-17(23)12-19(18)24-20(21)25/h1-12H,13H2,(H,24,25)/t21-/m1/s1. The molecule has 2 nitrogen and oxygen atoms in total. The molecule has 0 spiro atoms. The molecule has 1 amide bonds. The summed E-state index contributed by atoms with van der Waals surface area (Å²) in [7, 11) is 0. The number of hydrogen-bond donors (Lipinski definition) is 1. The first-order valence-corrected chi connectivity index (χ1v) is 8.77. The van der Waals surface area contributed by atoms with E-state index in [2.05, 4.69) is 5.32 Å². The highest BCUT2D eigenvalue weighted by Gasteiger charge is 2.48. The summed E-state index contributed by atoms with van der Waals surface area (Å²) in [4.78, 5) is 13.2. The molecule has 3 aromatic rings. The van der Waals surface area contributed by atoms with Crippen molar-refractivity contribution in [3.8, 4) is 0 Å². The number of carbonyl (C=O) groups excluding carboxylic acids is 1. The highest BCUT2D eigenvalue weighted by Crippen LogP contribution is 2.46. The summed E-state index contributed by atoms with van der Waals surface area (Å²) in [5, 5.41) is 4.27. The van der Waals surface area contributed by atoms with Crippen LogP contribution >= 0.6 is 23.2 Å². The first-order chi connectivity index (χ1) is 12.1. The maximum absolute atomic E-state index is 13.2. The van der Waals surface area contributed by atoms with Crippen molar-refractivity contribution in [3.05, 3.63) is 99.5 Å². The van der Waals surface area contributed by atoms with Crippen molar-refractivity contribution < 1.29 is 4.79 Å². The van der Waals surface area contributed by atoms with E-state index in [0.717, 1.165) is 22.4 Å². The third-order valence-electron chi connectivity index (χ3n) is 4.70. The number of rotatable bonds is 3. The van der Waals surface area contributed by atoms with Gasteiger partial charge in [0.05, 0.1) is 0 Å². The smallest absolute Gasteiger partial charge is 0.239 e. The van der Waals surface area contributed by atoms with Gasteiger partial charge in [0.1, 0.15) is 5.41 Å². The Balaban J connectivity index is 1.94. The second-order valence-electron chi connectivity index (χ2n) is 6.22. The maximum atomic E-state index is 13.2. The van der Waals surface area contributed by atoms with E-state index in [1.165, 1.54) is 0 Å². The molecule has 0 fully saturated rings. The quantitative estimate of drug-likeness (QED) is 0.652. The topological polar surface area (TPSA) is 29.1 Å². The summed E-state index contributed by atoms with van der Waals surface area (Å²) in [5.74, 6) is -0.0454. The third-order valence-corrected chi connectivity index (χ3v) is 5.17. The molecule has 1 N–H and O–H groups in total. The minimum Gasteiger partial charge on any atom is -0.325 e. The van der Waals surface area contributed by atoms with Crippen LogP contribution < -0.4 is 5.32 Å². The van der Waals surface area contributed by atoms with Crippen molar-refractivity contribution in [2.24, 2.45) is 0 Å². The molecule has 0 radical (unpaired) electrons. The number of amides is 1. The van der Waals surface area contributed by atoms with Crippen LogP contribution in [-0.2, 0) is 16.6 Å². The Morgan fingerprint density at radius 3 is 2.36 bits per heavy atom. The molecular weight excluding hydrogens is 353 g/mol. The summed E-state index contributed by atoms with van der Waals surface area (Å²) in [6, 6.07) is 23.1. The zero-order chi connectivity index (χ0) is 17.4. The van der Waals surface area contributed by atoms with Gasteiger partial charge < -0.3 is 5.32 Å². The van der Waals surface area contributed by atoms with Crippen LogP contribution in [0.1, 0.15) is 16.7 Å². The second kappa shape index (κ2) is 6.21. The molecule has 0 saturated carbocycles. The van der Waals surface area contributed by atoms with Crippen LogP contribution in [0, 0.1) is 0 Å². The molecular formula is C21H15Cl2NO. The van der Waals surface area contributed by atoms with Crippen molar-refractivity contribution in [1.82, 2.24) is 0 Å². The Morgan fingerprint density at radius 1 is 0.840 bits per heavy atom. The van der Waals surface area contributed by atoms with Crippen molar-refractivity contribution >= 4 is 34.8 Å². The molecule has 1 aliphatic heterocycles. The van der Waals surface area contributed by atoms with Crippen molar-refractivity contribution in [2.45, 2.75) is 11.8 Å². The highest BCUT2D eigenvalue weighted by atomic mass is 35.5. The van der Waals surface area contributed by atoms with E-state index in [1.54, 1.807) is 6.07 Å². The Hall–Kier alpha value is -2.29. The van der Waals surface area contributed by atoms with Crippen LogP contribution in [-0.4, -0.2) is 5.91 Å². The normalized spacial score (nSPS) is 18.7. The van der Waals surface area contributed by atoms with Gasteiger partial charge in [-0.2, -0.15) is 0 Å². The lowest BCUT2D eigenvalue weighted by Crippen LogP contribution is -2.38. The maximum Gasteiger partial charge on any atom is 0.239 e. The molecule has 4 rings (SSSR count). The fourth-order valence-corrected chi connectivity index (χ4v) is 3.97. The van der Waals surface area contributed by atoms with E-state index in [-0.39, 0.29) is 5.91 Å². The van der Waals surface area contributed by atoms with Gasteiger partial charge in [-0.3, -0.25) is 4.79 Å². The van der Waals surface area contributed by atoms with Crippen LogP contribution in [0.25, 0.3) is 0 Å². The van der Waals surface area contributed by atoms with Gasteiger partial charge in [0.2, 0.25) is 5.91 Å². The Morgan fingerprint density at radius 2 is 1.60 bits per heavy atom. The molecule has 25 heavy (non-hydrogen) atoms. The molecule has 0 aromatic heterocycles. The molecule has 124 valence electrons. The summed E-state index contributed by atoms with van der Waals surface area (Å²) >= 11 is 12.3. The van der Waals surface area contributed by atoms with Crippen molar-refractivity contribution in [3.63, 3.8) is 0 Å². The molecule has 0 unspecified atom stereocenters. The Labute approximate surface area is 156 Å². The van der Waals surface area contributed by atoms with E-state index in [4.69, 9.17) is 23.2 Å². The van der Waals surface area contributed by atoms with Gasteiger partial charge in [0, 0.05) is 15.7 Å². The number of hydrogen-bond acceptors (Lipinski definition) is 1. The van der Waals surface area contributed by atoms with Crippen LogP contribution in [0.15, 0.2) is 72.8 Å². The number of carbonyl (C=O) groups is 1. The SMILES string of the molecule is O=C1Nc2cc(Cl)ccc2[C@@]1(Cc1cccc(Cl)c1)c1ccccc1. The molecule has 4 heteroatoms. The zero-order valence-corrected chi connectivity index (χ0v) is 14.8. The van der Waals surface area contributed by atoms with Crippen molar-refractivity contribution in [2.75, 3.05) is 5.32 Å². The van der Waals surface area contributed by atoms with Gasteiger partial charge in [-0.25, -0.2) is 0 Å². The van der Waals surface area contributed by atoms with Gasteiger partial charge in [-0.1, -0.05) is 71.7 Å². The molecule has 0 bridgehead atoms. The fourth-order valence-electron chi connectivity index (χ4n) is 3.58. The fraction of sp³-hybridized carbons (Fsp3) is 0.0952. The number of fused-ring (bicyclic) bond motifs is 1. The number of benzene rings is 3. The average Bonchev–Trinajstić information content (AvgIpc) is 2.87. The van der Waals surface area contributed by atoms with Gasteiger partial charge in [0.25, 0.3) is 0 Å². The molecule has 1 atom stereocenters. The van der Waals surface area contributed by atoms with E-state index in [9.17, 15) is 4.79 Å². The molecule has 0 aliphatic carbocycles. The molecule has 1 heterocycles. The van der Waals surface area contributed by atoms with Crippen molar-refractivity contribution in [1.29, 1.82) is 0 Å². The third kappa shape index (κ3) is 2.72. The summed E-state index contributed by atoms with van der Waals surface area (Å²) in [6.45, 7) is 0. The number of halogens is 2. The average molecular weight is 368 g/mol. The van der Waals surface area contributed by atoms with Gasteiger partial charge in [-0.15, -0.1) is 0 Å². The lowest BCUT2D eigenvalue weighted by Gasteiger charge is -2.28. The first-order valence-electron chi connectivity index (χ1n) is 8.01. The molecule has 3 aromatic carbocycles. The number of anilines is 1. The van der Waals surface area contributed by atoms with Crippen LogP contribution in [0.5, 0.6) is 0 Å². The summed E-state index contributed by atoms with van der Waals surface area (Å²) in [6.07, 6.45) is 0.526. The number of nitrogens with one attached hydrogen (secondary N) is 1. The van der Waals surface area contributed by atoms with E-state index in [1.807, 2.05) is 66.7 Å². The van der Waals surface area contributed by atoms with Crippen LogP contribution in [0.2, 0.25) is 10.0 Å². The van der Waals surface area contributed by atoms with Gasteiger partial charge in [0.15, 0.2) is 0 Å². The Bertz CT molecular complexity index is 955.